The second-order valence-corrected chi connectivity index (χ2v) is 6.79. The lowest BCUT2D eigenvalue weighted by Crippen LogP contribution is -2.58. The number of rotatable bonds is 1. The molecule has 0 aromatic rings. The molecule has 1 spiro atoms. The average molecular weight is 264 g/mol. The first kappa shape index (κ1) is 12.6. The Labute approximate surface area is 112 Å². The number of nitrogens with zero attached hydrogens (tertiary/aromatic N) is 1. The summed E-state index contributed by atoms with van der Waals surface area (Å²) in [4.78, 5) is 36.7. The van der Waals surface area contributed by atoms with Gasteiger partial charge in [-0.05, 0) is 44.9 Å². The number of hydrogen-bond acceptors (Lipinski definition) is 3. The Hall–Kier alpha value is -1.39. The predicted octanol–water partition coefficient (Wildman–Crippen LogP) is 1.61. The van der Waals surface area contributed by atoms with E-state index in [1.54, 1.807) is 18.7 Å². The van der Waals surface area contributed by atoms with Crippen LogP contribution in [0.2, 0.25) is 0 Å². The van der Waals surface area contributed by atoms with Gasteiger partial charge in [-0.25, -0.2) is 4.79 Å². The molecule has 0 radical (unpaired) electrons. The van der Waals surface area contributed by atoms with Crippen molar-refractivity contribution in [2.45, 2.75) is 64.0 Å². The van der Waals surface area contributed by atoms with Crippen molar-refractivity contribution in [3.05, 3.63) is 0 Å². The van der Waals surface area contributed by atoms with Gasteiger partial charge in [0.2, 0.25) is 0 Å². The van der Waals surface area contributed by atoms with Crippen molar-refractivity contribution in [2.75, 3.05) is 0 Å². The first-order chi connectivity index (χ1) is 8.84. The Morgan fingerprint density at radius 1 is 1.11 bits per heavy atom. The van der Waals surface area contributed by atoms with Crippen molar-refractivity contribution in [1.82, 2.24) is 10.2 Å². The largest absolute Gasteiger partial charge is 0.325 e. The summed E-state index contributed by atoms with van der Waals surface area (Å²) in [6.45, 7) is 3.59. The zero-order chi connectivity index (χ0) is 13.8. The Morgan fingerprint density at radius 2 is 1.68 bits per heavy atom. The molecule has 5 heteroatoms. The Bertz CT molecular complexity index is 451. The lowest BCUT2D eigenvalue weighted by Gasteiger charge is -2.54. The highest BCUT2D eigenvalue weighted by atomic mass is 16.2. The standard InChI is InChI=1S/C14H20N2O3/c1-13(2)11(18)15-12(19)16(13)9-7-14(8-9)5-3-10(17)4-6-14/h9H,3-8H2,1-2H3,(H,15,18,19). The predicted molar refractivity (Wildman–Crippen MR) is 68.4 cm³/mol. The summed E-state index contributed by atoms with van der Waals surface area (Å²) in [5, 5.41) is 2.40. The molecule has 3 aliphatic rings. The highest BCUT2D eigenvalue weighted by Gasteiger charge is 2.56. The molecule has 5 nitrogen and oxygen atoms in total. The van der Waals surface area contributed by atoms with Crippen molar-refractivity contribution < 1.29 is 14.4 Å². The molecule has 1 saturated heterocycles. The number of nitrogens with one attached hydrogen (secondary N) is 1. The van der Waals surface area contributed by atoms with Crippen LogP contribution in [0.5, 0.6) is 0 Å². The smallest absolute Gasteiger partial charge is 0.307 e. The van der Waals surface area contributed by atoms with Crippen molar-refractivity contribution >= 4 is 17.7 Å². The van der Waals surface area contributed by atoms with Crippen LogP contribution in [0.3, 0.4) is 0 Å². The van der Waals surface area contributed by atoms with E-state index in [1.165, 1.54) is 0 Å². The minimum atomic E-state index is -0.742. The van der Waals surface area contributed by atoms with E-state index < -0.39 is 5.54 Å². The van der Waals surface area contributed by atoms with Crippen LogP contribution in [0, 0.1) is 5.41 Å². The molecule has 0 aromatic heterocycles. The van der Waals surface area contributed by atoms with Crippen molar-refractivity contribution in [3.63, 3.8) is 0 Å². The van der Waals surface area contributed by atoms with E-state index in [2.05, 4.69) is 5.32 Å². The monoisotopic (exact) mass is 264 g/mol. The minimum absolute atomic E-state index is 0.148. The Kier molecular flexibility index (Phi) is 2.53. The molecule has 0 unspecified atom stereocenters. The third-order valence-electron chi connectivity index (χ3n) is 5.17. The van der Waals surface area contributed by atoms with Gasteiger partial charge >= 0.3 is 6.03 Å². The van der Waals surface area contributed by atoms with Crippen LogP contribution >= 0.6 is 0 Å². The fourth-order valence-corrected chi connectivity index (χ4v) is 3.89. The normalized spacial score (nSPS) is 29.6. The number of hydrogen-bond donors (Lipinski definition) is 1. The molecule has 1 aliphatic heterocycles. The van der Waals surface area contributed by atoms with Crippen molar-refractivity contribution in [3.8, 4) is 0 Å². The molecule has 0 atom stereocenters. The van der Waals surface area contributed by atoms with Crippen LogP contribution in [-0.2, 0) is 9.59 Å². The molecule has 1 heterocycles. The van der Waals surface area contributed by atoms with E-state index in [0.29, 0.717) is 18.6 Å². The summed E-state index contributed by atoms with van der Waals surface area (Å²) in [5.41, 5.74) is -0.492. The molecule has 3 fully saturated rings. The SMILES string of the molecule is CC1(C)C(=O)NC(=O)N1C1CC2(CCC(=O)CC2)C1. The zero-order valence-electron chi connectivity index (χ0n) is 11.5. The third-order valence-corrected chi connectivity index (χ3v) is 5.17. The molecule has 2 aliphatic carbocycles. The maximum atomic E-state index is 11.9. The number of carbonyl (C=O) groups is 3. The lowest BCUT2D eigenvalue weighted by molar-refractivity contribution is -0.129. The first-order valence-corrected chi connectivity index (χ1v) is 7.01. The van der Waals surface area contributed by atoms with E-state index in [4.69, 9.17) is 0 Å². The molecule has 104 valence electrons. The topological polar surface area (TPSA) is 66.5 Å². The van der Waals surface area contributed by atoms with Gasteiger partial charge < -0.3 is 4.90 Å². The fourth-order valence-electron chi connectivity index (χ4n) is 3.89. The summed E-state index contributed by atoms with van der Waals surface area (Å²) >= 11 is 0. The molecule has 3 amide bonds. The maximum Gasteiger partial charge on any atom is 0.325 e. The number of ketones is 1. The maximum absolute atomic E-state index is 11.9. The van der Waals surface area contributed by atoms with Crippen LogP contribution in [0.15, 0.2) is 0 Å². The van der Waals surface area contributed by atoms with Gasteiger partial charge in [-0.2, -0.15) is 0 Å². The van der Waals surface area contributed by atoms with E-state index in [-0.39, 0.29) is 23.4 Å². The van der Waals surface area contributed by atoms with E-state index in [9.17, 15) is 14.4 Å². The molecular formula is C14H20N2O3. The van der Waals surface area contributed by atoms with Crippen LogP contribution < -0.4 is 5.32 Å². The van der Waals surface area contributed by atoms with Crippen LogP contribution in [0.1, 0.15) is 52.4 Å². The van der Waals surface area contributed by atoms with Gasteiger partial charge in [0.15, 0.2) is 0 Å². The minimum Gasteiger partial charge on any atom is -0.307 e. The summed E-state index contributed by atoms with van der Waals surface area (Å²) in [6, 6.07) is -0.114. The van der Waals surface area contributed by atoms with Gasteiger partial charge in [-0.3, -0.25) is 14.9 Å². The summed E-state index contributed by atoms with van der Waals surface area (Å²) in [6.07, 6.45) is 5.13. The molecule has 3 rings (SSSR count). The third kappa shape index (κ3) is 1.78. The molecule has 0 bridgehead atoms. The van der Waals surface area contributed by atoms with Crippen LogP contribution in [0.4, 0.5) is 4.79 Å². The number of urea groups is 1. The number of amides is 3. The second kappa shape index (κ2) is 3.81. The number of carbonyl (C=O) groups excluding carboxylic acids is 3. The molecule has 1 N–H and O–H groups in total. The number of Topliss-reactive ketones (excluding diaryl/α,β-unsaturated/α-hetero) is 1. The molecule has 2 saturated carbocycles. The van der Waals surface area contributed by atoms with E-state index >= 15 is 0 Å². The fraction of sp³-hybridized carbons (Fsp3) is 0.786. The zero-order valence-corrected chi connectivity index (χ0v) is 11.5. The van der Waals surface area contributed by atoms with E-state index in [0.717, 1.165) is 25.7 Å². The van der Waals surface area contributed by atoms with E-state index in [1.807, 2.05) is 0 Å². The van der Waals surface area contributed by atoms with Crippen molar-refractivity contribution in [2.24, 2.45) is 5.41 Å². The molecular weight excluding hydrogens is 244 g/mol. The average Bonchev–Trinajstić information content (AvgIpc) is 2.48. The van der Waals surface area contributed by atoms with Gasteiger partial charge in [-0.15, -0.1) is 0 Å². The van der Waals surface area contributed by atoms with Gasteiger partial charge in [0.1, 0.15) is 11.3 Å². The quantitative estimate of drug-likeness (QED) is 0.732. The van der Waals surface area contributed by atoms with Crippen LogP contribution in [-0.4, -0.2) is 34.2 Å². The van der Waals surface area contributed by atoms with Crippen LogP contribution in [0.25, 0.3) is 0 Å². The van der Waals surface area contributed by atoms with Gasteiger partial charge in [-0.1, -0.05) is 0 Å². The Balaban J connectivity index is 1.69. The highest BCUT2D eigenvalue weighted by molar-refractivity contribution is 6.06. The molecule has 0 aromatic carbocycles. The van der Waals surface area contributed by atoms with Gasteiger partial charge in [0, 0.05) is 18.9 Å². The molecule has 19 heavy (non-hydrogen) atoms. The second-order valence-electron chi connectivity index (χ2n) is 6.79. The lowest BCUT2D eigenvalue weighted by atomic mass is 9.57. The van der Waals surface area contributed by atoms with Crippen molar-refractivity contribution in [1.29, 1.82) is 0 Å². The van der Waals surface area contributed by atoms with Gasteiger partial charge in [0.05, 0.1) is 0 Å². The summed E-state index contributed by atoms with van der Waals surface area (Å²) in [5.74, 6) is 0.153. The summed E-state index contributed by atoms with van der Waals surface area (Å²) in [7, 11) is 0. The number of imide groups is 1. The summed E-state index contributed by atoms with van der Waals surface area (Å²) < 4.78 is 0. The van der Waals surface area contributed by atoms with Gasteiger partial charge in [0.25, 0.3) is 5.91 Å². The Morgan fingerprint density at radius 3 is 2.16 bits per heavy atom. The highest BCUT2D eigenvalue weighted by Crippen LogP contribution is 2.54. The first-order valence-electron chi connectivity index (χ1n) is 7.01.